The number of hydrogen-bond acceptors (Lipinski definition) is 3. The lowest BCUT2D eigenvalue weighted by Crippen LogP contribution is -2.44. The van der Waals surface area contributed by atoms with Crippen molar-refractivity contribution in [3.05, 3.63) is 0 Å². The summed E-state index contributed by atoms with van der Waals surface area (Å²) in [5, 5.41) is 11.7. The van der Waals surface area contributed by atoms with E-state index in [4.69, 9.17) is 5.11 Å². The molecule has 0 aliphatic carbocycles. The van der Waals surface area contributed by atoms with Gasteiger partial charge in [-0.2, -0.15) is 0 Å². The zero-order valence-corrected chi connectivity index (χ0v) is 10.6. The summed E-state index contributed by atoms with van der Waals surface area (Å²) in [6.07, 6.45) is 2.26. The van der Waals surface area contributed by atoms with Crippen LogP contribution in [-0.4, -0.2) is 47.6 Å². The number of carbonyl (C=O) groups excluding carboxylic acids is 2. The molecule has 1 aliphatic heterocycles. The minimum absolute atomic E-state index is 0.0182. The summed E-state index contributed by atoms with van der Waals surface area (Å²) in [7, 11) is 0. The van der Waals surface area contributed by atoms with Crippen LogP contribution in [0.4, 0.5) is 0 Å². The first-order valence-corrected chi connectivity index (χ1v) is 6.18. The molecular weight excluding hydrogens is 220 g/mol. The molecule has 5 nitrogen and oxygen atoms in total. The Morgan fingerprint density at radius 1 is 1.41 bits per heavy atom. The number of nitrogens with zero attached hydrogens (tertiary/aromatic N) is 1. The first-order chi connectivity index (χ1) is 8.02. The van der Waals surface area contributed by atoms with Gasteiger partial charge in [0, 0.05) is 26.4 Å². The monoisotopic (exact) mass is 242 g/mol. The van der Waals surface area contributed by atoms with Crippen molar-refractivity contribution in [1.82, 2.24) is 10.2 Å². The molecule has 0 aromatic carbocycles. The highest BCUT2D eigenvalue weighted by Gasteiger charge is 2.22. The van der Waals surface area contributed by atoms with Gasteiger partial charge in [-0.3, -0.25) is 9.59 Å². The predicted octanol–water partition coefficient (Wildman–Crippen LogP) is 0.132. The molecule has 98 valence electrons. The van der Waals surface area contributed by atoms with E-state index in [1.165, 1.54) is 6.92 Å². The van der Waals surface area contributed by atoms with Crippen LogP contribution in [0.1, 0.15) is 33.1 Å². The van der Waals surface area contributed by atoms with Crippen molar-refractivity contribution in [3.8, 4) is 0 Å². The predicted molar refractivity (Wildman–Crippen MR) is 64.3 cm³/mol. The molecule has 1 fully saturated rings. The number of carbonyl (C=O) groups is 2. The van der Waals surface area contributed by atoms with Gasteiger partial charge >= 0.3 is 0 Å². The minimum Gasteiger partial charge on any atom is -0.394 e. The Morgan fingerprint density at radius 2 is 2.00 bits per heavy atom. The molecule has 0 aromatic rings. The highest BCUT2D eigenvalue weighted by molar-refractivity contribution is 5.78. The van der Waals surface area contributed by atoms with Gasteiger partial charge in [0.25, 0.3) is 0 Å². The van der Waals surface area contributed by atoms with Crippen molar-refractivity contribution < 1.29 is 14.7 Å². The molecule has 2 N–H and O–H groups in total. The molecule has 0 bridgehead atoms. The topological polar surface area (TPSA) is 69.6 Å². The Balaban J connectivity index is 2.39. The van der Waals surface area contributed by atoms with Gasteiger partial charge in [-0.1, -0.05) is 6.92 Å². The fourth-order valence-corrected chi connectivity index (χ4v) is 2.05. The minimum atomic E-state index is -0.459. The van der Waals surface area contributed by atoms with E-state index in [0.717, 1.165) is 25.9 Å². The van der Waals surface area contributed by atoms with Gasteiger partial charge in [0.1, 0.15) is 0 Å². The van der Waals surface area contributed by atoms with E-state index < -0.39 is 6.04 Å². The molecular formula is C12H22N2O3. The molecule has 1 unspecified atom stereocenters. The number of amides is 2. The van der Waals surface area contributed by atoms with E-state index in [0.29, 0.717) is 5.92 Å². The molecule has 2 amide bonds. The maximum atomic E-state index is 11.9. The maximum absolute atomic E-state index is 11.9. The van der Waals surface area contributed by atoms with Crippen molar-refractivity contribution in [1.29, 1.82) is 0 Å². The third kappa shape index (κ3) is 4.73. The van der Waals surface area contributed by atoms with Crippen LogP contribution in [0, 0.1) is 5.92 Å². The summed E-state index contributed by atoms with van der Waals surface area (Å²) in [5.41, 5.74) is 0. The van der Waals surface area contributed by atoms with Crippen LogP contribution in [0.15, 0.2) is 0 Å². The second-order valence-corrected chi connectivity index (χ2v) is 4.85. The van der Waals surface area contributed by atoms with Crippen LogP contribution in [-0.2, 0) is 9.59 Å². The summed E-state index contributed by atoms with van der Waals surface area (Å²) in [6.45, 7) is 4.96. The number of likely N-dealkylation sites (tertiary alicyclic amines) is 1. The van der Waals surface area contributed by atoms with Crippen molar-refractivity contribution in [3.63, 3.8) is 0 Å². The van der Waals surface area contributed by atoms with Gasteiger partial charge in [0.05, 0.1) is 12.6 Å². The first kappa shape index (κ1) is 14.0. The van der Waals surface area contributed by atoms with Gasteiger partial charge < -0.3 is 15.3 Å². The first-order valence-electron chi connectivity index (χ1n) is 6.18. The second-order valence-electron chi connectivity index (χ2n) is 4.85. The molecule has 0 aromatic heterocycles. The highest BCUT2D eigenvalue weighted by Crippen LogP contribution is 2.16. The Hall–Kier alpha value is -1.10. The van der Waals surface area contributed by atoms with E-state index in [2.05, 4.69) is 12.2 Å². The Labute approximate surface area is 102 Å². The fourth-order valence-electron chi connectivity index (χ4n) is 2.05. The lowest BCUT2D eigenvalue weighted by Gasteiger charge is -2.31. The third-order valence-corrected chi connectivity index (χ3v) is 3.19. The SMILES string of the molecule is CC(=O)NC(CO)CC(=O)N1CCC(C)CC1. The molecule has 1 atom stereocenters. The van der Waals surface area contributed by atoms with Gasteiger partial charge in [-0.25, -0.2) is 0 Å². The molecule has 1 rings (SSSR count). The highest BCUT2D eigenvalue weighted by atomic mass is 16.3. The van der Waals surface area contributed by atoms with Crippen molar-refractivity contribution in [2.24, 2.45) is 5.92 Å². The smallest absolute Gasteiger partial charge is 0.224 e. The third-order valence-electron chi connectivity index (χ3n) is 3.19. The number of aliphatic hydroxyl groups excluding tert-OH is 1. The summed E-state index contributed by atoms with van der Waals surface area (Å²) < 4.78 is 0. The molecule has 1 heterocycles. The average molecular weight is 242 g/mol. The Morgan fingerprint density at radius 3 is 2.47 bits per heavy atom. The summed E-state index contributed by atoms with van der Waals surface area (Å²) in [5.74, 6) is 0.483. The fraction of sp³-hybridized carbons (Fsp3) is 0.833. The molecule has 0 spiro atoms. The Bertz CT molecular complexity index is 273. The zero-order valence-electron chi connectivity index (χ0n) is 10.6. The van der Waals surface area contributed by atoms with Crippen LogP contribution < -0.4 is 5.32 Å². The lowest BCUT2D eigenvalue weighted by atomic mass is 9.99. The summed E-state index contributed by atoms with van der Waals surface area (Å²) in [6, 6.07) is -0.459. The van der Waals surface area contributed by atoms with Gasteiger partial charge in [0.15, 0.2) is 0 Å². The number of aliphatic hydroxyl groups is 1. The van der Waals surface area contributed by atoms with Gasteiger partial charge in [0.2, 0.25) is 11.8 Å². The van der Waals surface area contributed by atoms with Crippen LogP contribution in [0.5, 0.6) is 0 Å². The summed E-state index contributed by atoms with van der Waals surface area (Å²) >= 11 is 0. The molecule has 0 saturated carbocycles. The normalized spacial score (nSPS) is 18.9. The number of nitrogens with one attached hydrogen (secondary N) is 1. The zero-order chi connectivity index (χ0) is 12.8. The van der Waals surface area contributed by atoms with E-state index >= 15 is 0 Å². The van der Waals surface area contributed by atoms with Crippen LogP contribution in [0.25, 0.3) is 0 Å². The molecule has 0 radical (unpaired) electrons. The van der Waals surface area contributed by atoms with E-state index in [1.807, 2.05) is 4.90 Å². The second kappa shape index (κ2) is 6.59. The molecule has 1 aliphatic rings. The van der Waals surface area contributed by atoms with Gasteiger partial charge in [-0.15, -0.1) is 0 Å². The van der Waals surface area contributed by atoms with Crippen LogP contribution in [0.2, 0.25) is 0 Å². The lowest BCUT2D eigenvalue weighted by molar-refractivity contribution is -0.133. The van der Waals surface area contributed by atoms with E-state index in [-0.39, 0.29) is 24.8 Å². The quantitative estimate of drug-likeness (QED) is 0.736. The van der Waals surface area contributed by atoms with Crippen molar-refractivity contribution in [2.45, 2.75) is 39.2 Å². The Kier molecular flexibility index (Phi) is 5.41. The van der Waals surface area contributed by atoms with Crippen LogP contribution >= 0.6 is 0 Å². The summed E-state index contributed by atoms with van der Waals surface area (Å²) in [4.78, 5) is 24.6. The number of rotatable bonds is 4. The van der Waals surface area contributed by atoms with Gasteiger partial charge in [-0.05, 0) is 18.8 Å². The molecule has 5 heteroatoms. The van der Waals surface area contributed by atoms with Crippen molar-refractivity contribution >= 4 is 11.8 Å². The van der Waals surface area contributed by atoms with Crippen molar-refractivity contribution in [2.75, 3.05) is 19.7 Å². The van der Waals surface area contributed by atoms with E-state index in [9.17, 15) is 9.59 Å². The standard InChI is InChI=1S/C12H22N2O3/c1-9-3-5-14(6-4-9)12(17)7-11(8-15)13-10(2)16/h9,11,15H,3-8H2,1-2H3,(H,13,16). The largest absolute Gasteiger partial charge is 0.394 e. The number of hydrogen-bond donors (Lipinski definition) is 2. The molecule has 1 saturated heterocycles. The number of piperidine rings is 1. The van der Waals surface area contributed by atoms with Crippen LogP contribution in [0.3, 0.4) is 0 Å². The maximum Gasteiger partial charge on any atom is 0.224 e. The average Bonchev–Trinajstić information content (AvgIpc) is 2.28. The molecule has 17 heavy (non-hydrogen) atoms. The van der Waals surface area contributed by atoms with E-state index in [1.54, 1.807) is 0 Å².